The minimum absolute atomic E-state index is 0.548. The van der Waals surface area contributed by atoms with Crippen LogP contribution in [-0.4, -0.2) is 33.8 Å². The van der Waals surface area contributed by atoms with E-state index in [4.69, 9.17) is 0 Å². The Bertz CT molecular complexity index is 630. The number of hydrogen-bond donors (Lipinski definition) is 1. The third kappa shape index (κ3) is 2.79. The molecule has 2 aromatic heterocycles. The van der Waals surface area contributed by atoms with E-state index < -0.39 is 5.60 Å². The van der Waals surface area contributed by atoms with Gasteiger partial charge in [-0.05, 0) is 54.2 Å². The molecule has 1 saturated heterocycles. The Morgan fingerprint density at radius 1 is 1.30 bits per heavy atom. The average molecular weight is 336 g/mol. The van der Waals surface area contributed by atoms with Crippen LogP contribution in [0.25, 0.3) is 11.0 Å². The van der Waals surface area contributed by atoms with E-state index in [1.165, 1.54) is 0 Å². The van der Waals surface area contributed by atoms with Crippen molar-refractivity contribution in [3.8, 4) is 0 Å². The molecule has 1 aliphatic heterocycles. The van der Waals surface area contributed by atoms with Crippen molar-refractivity contribution in [1.82, 2.24) is 9.97 Å². The summed E-state index contributed by atoms with van der Waals surface area (Å²) >= 11 is 3.43. The Labute approximate surface area is 127 Å². The van der Waals surface area contributed by atoms with Crippen LogP contribution >= 0.6 is 15.9 Å². The molecule has 1 N–H and O–H groups in total. The first-order valence-electron chi connectivity index (χ1n) is 6.93. The van der Waals surface area contributed by atoms with Gasteiger partial charge in [0.25, 0.3) is 0 Å². The van der Waals surface area contributed by atoms with E-state index in [1.807, 2.05) is 31.5 Å². The van der Waals surface area contributed by atoms with Crippen LogP contribution in [0.5, 0.6) is 0 Å². The molecule has 5 heteroatoms. The van der Waals surface area contributed by atoms with Crippen LogP contribution in [0, 0.1) is 0 Å². The molecule has 1 unspecified atom stereocenters. The second-order valence-corrected chi connectivity index (χ2v) is 6.60. The van der Waals surface area contributed by atoms with Gasteiger partial charge < -0.3 is 10.0 Å². The quantitative estimate of drug-likeness (QED) is 0.869. The molecular formula is C15H18BrN3O. The standard InChI is InChI=1S/C15H18BrN3O/c1-15(20)4-2-7-19(8-5-15)13-3-6-17-12-9-11(16)10-18-14(12)13/h3,6,9-10,20H,2,4-5,7-8H2,1H3. The lowest BCUT2D eigenvalue weighted by Gasteiger charge is -2.24. The third-order valence-electron chi connectivity index (χ3n) is 3.93. The van der Waals surface area contributed by atoms with Crippen molar-refractivity contribution in [2.75, 3.05) is 18.0 Å². The summed E-state index contributed by atoms with van der Waals surface area (Å²) in [5.74, 6) is 0. The summed E-state index contributed by atoms with van der Waals surface area (Å²) in [6, 6.07) is 4.00. The molecule has 0 radical (unpaired) electrons. The molecule has 0 amide bonds. The molecule has 20 heavy (non-hydrogen) atoms. The average Bonchev–Trinajstić information content (AvgIpc) is 2.59. The van der Waals surface area contributed by atoms with Crippen LogP contribution in [0.1, 0.15) is 26.2 Å². The normalized spacial score (nSPS) is 23.9. The molecule has 0 aromatic carbocycles. The number of anilines is 1. The number of nitrogens with zero attached hydrogens (tertiary/aromatic N) is 3. The number of aromatic nitrogens is 2. The van der Waals surface area contributed by atoms with Crippen molar-refractivity contribution in [2.24, 2.45) is 0 Å². The van der Waals surface area contributed by atoms with E-state index in [0.29, 0.717) is 0 Å². The van der Waals surface area contributed by atoms with E-state index >= 15 is 0 Å². The van der Waals surface area contributed by atoms with Gasteiger partial charge in [-0.15, -0.1) is 0 Å². The first-order valence-corrected chi connectivity index (χ1v) is 7.72. The number of halogens is 1. The number of fused-ring (bicyclic) bond motifs is 1. The molecular weight excluding hydrogens is 318 g/mol. The summed E-state index contributed by atoms with van der Waals surface area (Å²) in [4.78, 5) is 11.2. The zero-order valence-electron chi connectivity index (χ0n) is 11.5. The minimum atomic E-state index is -0.548. The minimum Gasteiger partial charge on any atom is -0.390 e. The second kappa shape index (κ2) is 5.30. The lowest BCUT2D eigenvalue weighted by Crippen LogP contribution is -2.28. The summed E-state index contributed by atoms with van der Waals surface area (Å²) < 4.78 is 0.938. The predicted octanol–water partition coefficient (Wildman–Crippen LogP) is 3.13. The van der Waals surface area contributed by atoms with E-state index in [0.717, 1.165) is 53.5 Å². The van der Waals surface area contributed by atoms with Gasteiger partial charge in [-0.2, -0.15) is 0 Å². The molecule has 0 saturated carbocycles. The van der Waals surface area contributed by atoms with E-state index in [1.54, 1.807) is 0 Å². The maximum atomic E-state index is 10.2. The first kappa shape index (κ1) is 13.8. The molecule has 1 atom stereocenters. The zero-order chi connectivity index (χ0) is 14.2. The Hall–Kier alpha value is -1.20. The molecule has 0 bridgehead atoms. The Morgan fingerprint density at radius 3 is 3.00 bits per heavy atom. The van der Waals surface area contributed by atoms with Crippen LogP contribution in [0.3, 0.4) is 0 Å². The highest BCUT2D eigenvalue weighted by molar-refractivity contribution is 9.10. The predicted molar refractivity (Wildman–Crippen MR) is 83.9 cm³/mol. The van der Waals surface area contributed by atoms with Gasteiger partial charge in [-0.3, -0.25) is 9.97 Å². The molecule has 2 aromatic rings. The highest BCUT2D eigenvalue weighted by Crippen LogP contribution is 2.29. The number of pyridine rings is 2. The monoisotopic (exact) mass is 335 g/mol. The van der Waals surface area contributed by atoms with Gasteiger partial charge in [-0.1, -0.05) is 0 Å². The summed E-state index contributed by atoms with van der Waals surface area (Å²) in [7, 11) is 0. The third-order valence-corrected chi connectivity index (χ3v) is 4.36. The van der Waals surface area contributed by atoms with Gasteiger partial charge in [0.15, 0.2) is 0 Å². The maximum absolute atomic E-state index is 10.2. The topological polar surface area (TPSA) is 49.2 Å². The molecule has 1 aliphatic rings. The fourth-order valence-corrected chi connectivity index (χ4v) is 3.07. The Morgan fingerprint density at radius 2 is 2.15 bits per heavy atom. The van der Waals surface area contributed by atoms with Crippen LogP contribution < -0.4 is 4.90 Å². The number of rotatable bonds is 1. The summed E-state index contributed by atoms with van der Waals surface area (Å²) in [5, 5.41) is 10.2. The fraction of sp³-hybridized carbons (Fsp3) is 0.467. The summed E-state index contributed by atoms with van der Waals surface area (Å²) in [5.41, 5.74) is 2.39. The maximum Gasteiger partial charge on any atom is 0.112 e. The van der Waals surface area contributed by atoms with E-state index in [2.05, 4.69) is 30.8 Å². The van der Waals surface area contributed by atoms with Crippen molar-refractivity contribution >= 4 is 32.7 Å². The van der Waals surface area contributed by atoms with Crippen molar-refractivity contribution < 1.29 is 5.11 Å². The van der Waals surface area contributed by atoms with Gasteiger partial charge in [-0.25, -0.2) is 0 Å². The number of hydrogen-bond acceptors (Lipinski definition) is 4. The van der Waals surface area contributed by atoms with Gasteiger partial charge >= 0.3 is 0 Å². The van der Waals surface area contributed by atoms with Crippen molar-refractivity contribution in [3.05, 3.63) is 29.0 Å². The van der Waals surface area contributed by atoms with Gasteiger partial charge in [0.05, 0.1) is 16.8 Å². The Kier molecular flexibility index (Phi) is 3.65. The molecule has 1 fully saturated rings. The molecule has 106 valence electrons. The number of aliphatic hydroxyl groups is 1. The molecule has 4 nitrogen and oxygen atoms in total. The fourth-order valence-electron chi connectivity index (χ4n) is 2.75. The van der Waals surface area contributed by atoms with Crippen molar-refractivity contribution in [1.29, 1.82) is 0 Å². The summed E-state index contributed by atoms with van der Waals surface area (Å²) in [6.07, 6.45) is 6.27. The van der Waals surface area contributed by atoms with Gasteiger partial charge in [0.2, 0.25) is 0 Å². The largest absolute Gasteiger partial charge is 0.390 e. The second-order valence-electron chi connectivity index (χ2n) is 5.69. The lowest BCUT2D eigenvalue weighted by atomic mass is 9.98. The van der Waals surface area contributed by atoms with Gasteiger partial charge in [0, 0.05) is 30.0 Å². The first-order chi connectivity index (χ1) is 9.55. The van der Waals surface area contributed by atoms with Gasteiger partial charge in [0.1, 0.15) is 5.52 Å². The van der Waals surface area contributed by atoms with Crippen LogP contribution in [-0.2, 0) is 0 Å². The highest BCUT2D eigenvalue weighted by atomic mass is 79.9. The smallest absolute Gasteiger partial charge is 0.112 e. The molecule has 3 rings (SSSR count). The summed E-state index contributed by atoms with van der Waals surface area (Å²) in [6.45, 7) is 3.73. The van der Waals surface area contributed by atoms with Crippen LogP contribution in [0.4, 0.5) is 5.69 Å². The SMILES string of the molecule is CC1(O)CCCN(c2ccnc3cc(Br)cnc23)CC1. The lowest BCUT2D eigenvalue weighted by molar-refractivity contribution is 0.0481. The molecule has 0 aliphatic carbocycles. The van der Waals surface area contributed by atoms with Crippen molar-refractivity contribution in [2.45, 2.75) is 31.8 Å². The molecule has 3 heterocycles. The highest BCUT2D eigenvalue weighted by Gasteiger charge is 2.25. The van der Waals surface area contributed by atoms with Crippen molar-refractivity contribution in [3.63, 3.8) is 0 Å². The van der Waals surface area contributed by atoms with Crippen LogP contribution in [0.2, 0.25) is 0 Å². The molecule has 0 spiro atoms. The van der Waals surface area contributed by atoms with E-state index in [-0.39, 0.29) is 0 Å². The van der Waals surface area contributed by atoms with Crippen LogP contribution in [0.15, 0.2) is 29.0 Å². The zero-order valence-corrected chi connectivity index (χ0v) is 13.1. The Balaban J connectivity index is 1.97. The van der Waals surface area contributed by atoms with E-state index in [9.17, 15) is 5.11 Å².